The third-order valence-electron chi connectivity index (χ3n) is 6.01. The summed E-state index contributed by atoms with van der Waals surface area (Å²) in [4.78, 5) is 28.4. The zero-order chi connectivity index (χ0) is 22.3. The van der Waals surface area contributed by atoms with Gasteiger partial charge in [-0.3, -0.25) is 9.48 Å². The van der Waals surface area contributed by atoms with Crippen molar-refractivity contribution in [1.82, 2.24) is 25.0 Å². The van der Waals surface area contributed by atoms with E-state index in [0.717, 1.165) is 49.2 Å². The maximum Gasteiger partial charge on any atom is 0.246 e. The number of guanidine groups is 1. The summed E-state index contributed by atoms with van der Waals surface area (Å²) in [5.41, 5.74) is 1.91. The lowest BCUT2D eigenvalue weighted by Gasteiger charge is -2.35. The number of rotatable bonds is 5. The van der Waals surface area contributed by atoms with Crippen molar-refractivity contribution in [2.75, 3.05) is 49.1 Å². The van der Waals surface area contributed by atoms with Crippen LogP contribution in [-0.4, -0.2) is 70.8 Å². The highest BCUT2D eigenvalue weighted by Crippen LogP contribution is 2.18. The highest BCUT2D eigenvalue weighted by molar-refractivity contribution is 5.98. The van der Waals surface area contributed by atoms with Crippen LogP contribution in [0.25, 0.3) is 0 Å². The molecule has 0 atom stereocenters. The third-order valence-corrected chi connectivity index (χ3v) is 6.01. The Bertz CT molecular complexity index is 914. The number of amides is 1. The number of nitrogens with one attached hydrogen (secondary N) is 1. The Labute approximate surface area is 190 Å². The van der Waals surface area contributed by atoms with Crippen molar-refractivity contribution in [3.05, 3.63) is 36.3 Å². The van der Waals surface area contributed by atoms with Crippen LogP contribution in [0, 0.1) is 0 Å². The van der Waals surface area contributed by atoms with Crippen LogP contribution in [0.1, 0.15) is 38.2 Å². The molecular formula is C23H34N8O. The molecule has 0 saturated carbocycles. The molecule has 2 aliphatic heterocycles. The van der Waals surface area contributed by atoms with Crippen LogP contribution in [0.4, 0.5) is 11.5 Å². The van der Waals surface area contributed by atoms with Gasteiger partial charge in [-0.25, -0.2) is 9.98 Å². The molecule has 0 aliphatic carbocycles. The number of piperazine rings is 1. The molecule has 172 valence electrons. The predicted molar refractivity (Wildman–Crippen MR) is 127 cm³/mol. The predicted octanol–water partition coefficient (Wildman–Crippen LogP) is 2.01. The van der Waals surface area contributed by atoms with Gasteiger partial charge >= 0.3 is 0 Å². The zero-order valence-corrected chi connectivity index (χ0v) is 19.2. The van der Waals surface area contributed by atoms with Gasteiger partial charge in [0.1, 0.15) is 12.4 Å². The monoisotopic (exact) mass is 438 g/mol. The lowest BCUT2D eigenvalue weighted by atomic mass is 10.2. The third kappa shape index (κ3) is 5.38. The van der Waals surface area contributed by atoms with Gasteiger partial charge in [-0.15, -0.1) is 0 Å². The molecule has 0 aromatic carbocycles. The minimum absolute atomic E-state index is 0.0540. The van der Waals surface area contributed by atoms with E-state index >= 15 is 0 Å². The van der Waals surface area contributed by atoms with Gasteiger partial charge in [0.25, 0.3) is 0 Å². The van der Waals surface area contributed by atoms with Gasteiger partial charge in [0.2, 0.25) is 5.91 Å². The zero-order valence-electron chi connectivity index (χ0n) is 19.2. The van der Waals surface area contributed by atoms with Crippen molar-refractivity contribution in [2.24, 2.45) is 12.0 Å². The lowest BCUT2D eigenvalue weighted by Crippen LogP contribution is -2.55. The minimum Gasteiger partial charge on any atom is -0.357 e. The molecule has 1 amide bonds. The van der Waals surface area contributed by atoms with E-state index in [2.05, 4.69) is 27.4 Å². The fourth-order valence-electron chi connectivity index (χ4n) is 4.26. The lowest BCUT2D eigenvalue weighted by molar-refractivity contribution is -0.120. The first-order valence-electron chi connectivity index (χ1n) is 11.7. The standard InChI is InChI=1S/C23H34N8O/c1-3-24-23(30-12-13-31(22(32)18-30)20-16-27-28(2)17-20)26-15-19-8-9-21(25-14-19)29-10-6-4-5-7-11-29/h8-9,14,16-17H,3-7,10-13,15,18H2,1-2H3,(H,24,26). The molecule has 9 heteroatoms. The van der Waals surface area contributed by atoms with E-state index in [1.54, 1.807) is 15.8 Å². The minimum atomic E-state index is 0.0540. The number of nitrogens with zero attached hydrogens (tertiary/aromatic N) is 7. The van der Waals surface area contributed by atoms with E-state index in [-0.39, 0.29) is 5.91 Å². The first-order valence-corrected chi connectivity index (χ1v) is 11.7. The Morgan fingerprint density at radius 1 is 1.09 bits per heavy atom. The van der Waals surface area contributed by atoms with Gasteiger partial charge in [0.05, 0.1) is 18.4 Å². The van der Waals surface area contributed by atoms with Crippen LogP contribution in [0.15, 0.2) is 35.7 Å². The van der Waals surface area contributed by atoms with Gasteiger partial charge in [0, 0.05) is 52.2 Å². The molecule has 4 rings (SSSR count). The largest absolute Gasteiger partial charge is 0.357 e. The Morgan fingerprint density at radius 3 is 2.53 bits per heavy atom. The van der Waals surface area contributed by atoms with Crippen LogP contribution < -0.4 is 15.1 Å². The van der Waals surface area contributed by atoms with Crippen LogP contribution in [0.5, 0.6) is 0 Å². The molecule has 1 N–H and O–H groups in total. The molecule has 0 radical (unpaired) electrons. The van der Waals surface area contributed by atoms with E-state index in [1.165, 1.54) is 25.7 Å². The summed E-state index contributed by atoms with van der Waals surface area (Å²) in [6, 6.07) is 4.23. The molecule has 2 saturated heterocycles. The average Bonchev–Trinajstić information content (AvgIpc) is 3.06. The number of hydrogen-bond donors (Lipinski definition) is 1. The second kappa shape index (κ2) is 10.5. The molecule has 2 fully saturated rings. The Morgan fingerprint density at radius 2 is 1.91 bits per heavy atom. The highest BCUT2D eigenvalue weighted by atomic mass is 16.2. The van der Waals surface area contributed by atoms with E-state index < -0.39 is 0 Å². The Hall–Kier alpha value is -3.10. The first-order chi connectivity index (χ1) is 15.6. The Kier molecular flexibility index (Phi) is 7.24. The molecule has 2 aromatic rings. The SMILES string of the molecule is CCNC(=NCc1ccc(N2CCCCCC2)nc1)N1CCN(c2cnn(C)c2)C(=O)C1. The number of pyridine rings is 1. The van der Waals surface area contributed by atoms with Crippen molar-refractivity contribution < 1.29 is 4.79 Å². The van der Waals surface area contributed by atoms with Gasteiger partial charge < -0.3 is 20.0 Å². The maximum atomic E-state index is 12.8. The van der Waals surface area contributed by atoms with Crippen molar-refractivity contribution >= 4 is 23.4 Å². The number of carbonyl (C=O) groups excluding carboxylic acids is 1. The van der Waals surface area contributed by atoms with Gasteiger partial charge in [-0.05, 0) is 31.4 Å². The van der Waals surface area contributed by atoms with Crippen molar-refractivity contribution in [3.63, 3.8) is 0 Å². The van der Waals surface area contributed by atoms with Gasteiger partial charge in [-0.2, -0.15) is 5.10 Å². The summed E-state index contributed by atoms with van der Waals surface area (Å²) in [6.45, 7) is 7.14. The molecule has 2 aromatic heterocycles. The van der Waals surface area contributed by atoms with Gasteiger partial charge in [-0.1, -0.05) is 18.9 Å². The number of carbonyl (C=O) groups is 1. The fourth-order valence-corrected chi connectivity index (χ4v) is 4.26. The van der Waals surface area contributed by atoms with Crippen LogP contribution in [-0.2, 0) is 18.4 Å². The molecule has 2 aliphatic rings. The molecule has 4 heterocycles. The van der Waals surface area contributed by atoms with Crippen molar-refractivity contribution in [1.29, 1.82) is 0 Å². The maximum absolute atomic E-state index is 12.8. The summed E-state index contributed by atoms with van der Waals surface area (Å²) in [5.74, 6) is 1.88. The van der Waals surface area contributed by atoms with Crippen molar-refractivity contribution in [3.8, 4) is 0 Å². The average molecular weight is 439 g/mol. The first kappa shape index (κ1) is 22.1. The fraction of sp³-hybridized carbons (Fsp3) is 0.565. The normalized spacial score (nSPS) is 18.1. The highest BCUT2D eigenvalue weighted by Gasteiger charge is 2.27. The van der Waals surface area contributed by atoms with Crippen molar-refractivity contribution in [2.45, 2.75) is 39.2 Å². The number of aromatic nitrogens is 3. The molecule has 0 bridgehead atoms. The van der Waals surface area contributed by atoms with E-state index in [4.69, 9.17) is 9.98 Å². The summed E-state index contributed by atoms with van der Waals surface area (Å²) in [6.07, 6.45) is 10.6. The topological polar surface area (TPSA) is 81.9 Å². The molecule has 0 spiro atoms. The van der Waals surface area contributed by atoms with Gasteiger partial charge in [0.15, 0.2) is 5.96 Å². The summed E-state index contributed by atoms with van der Waals surface area (Å²) >= 11 is 0. The smallest absolute Gasteiger partial charge is 0.246 e. The van der Waals surface area contributed by atoms with E-state index in [0.29, 0.717) is 19.6 Å². The molecule has 32 heavy (non-hydrogen) atoms. The van der Waals surface area contributed by atoms with Crippen LogP contribution in [0.2, 0.25) is 0 Å². The molecule has 0 unspecified atom stereocenters. The molecule has 9 nitrogen and oxygen atoms in total. The van der Waals surface area contributed by atoms with Crippen LogP contribution >= 0.6 is 0 Å². The number of anilines is 2. The molecular weight excluding hydrogens is 404 g/mol. The number of aliphatic imine (C=N–C) groups is 1. The van der Waals surface area contributed by atoms with E-state index in [9.17, 15) is 4.79 Å². The van der Waals surface area contributed by atoms with Crippen LogP contribution in [0.3, 0.4) is 0 Å². The second-order valence-electron chi connectivity index (χ2n) is 8.44. The number of aryl methyl sites for hydroxylation is 1. The summed E-state index contributed by atoms with van der Waals surface area (Å²) < 4.78 is 1.71. The number of hydrogen-bond acceptors (Lipinski definition) is 5. The van der Waals surface area contributed by atoms with E-state index in [1.807, 2.05) is 31.3 Å². The quantitative estimate of drug-likeness (QED) is 0.568. The summed E-state index contributed by atoms with van der Waals surface area (Å²) in [7, 11) is 1.86. The summed E-state index contributed by atoms with van der Waals surface area (Å²) in [5, 5.41) is 7.51. The Balaban J connectivity index is 1.38. The second-order valence-corrected chi connectivity index (χ2v) is 8.44.